The summed E-state index contributed by atoms with van der Waals surface area (Å²) in [7, 11) is 1.92. The second-order valence-electron chi connectivity index (χ2n) is 6.20. The molecule has 1 amide bonds. The fourth-order valence-corrected chi connectivity index (χ4v) is 3.00. The molecule has 21 heavy (non-hydrogen) atoms. The van der Waals surface area contributed by atoms with Crippen molar-refractivity contribution in [2.24, 2.45) is 5.92 Å². The highest BCUT2D eigenvalue weighted by Gasteiger charge is 2.26. The fraction of sp³-hybridized carbons (Fsp3) is 0.647. The highest BCUT2D eigenvalue weighted by molar-refractivity contribution is 5.94. The quantitative estimate of drug-likeness (QED) is 0.901. The van der Waals surface area contributed by atoms with E-state index in [1.165, 1.54) is 12.8 Å². The molecule has 0 radical (unpaired) electrons. The minimum absolute atomic E-state index is 0.0867. The van der Waals surface area contributed by atoms with E-state index in [4.69, 9.17) is 0 Å². The first kappa shape index (κ1) is 15.8. The Morgan fingerprint density at radius 3 is 2.86 bits per heavy atom. The number of carbonyl (C=O) groups is 1. The minimum Gasteiger partial charge on any atom is -0.370 e. The number of anilines is 1. The highest BCUT2D eigenvalue weighted by Crippen LogP contribution is 2.27. The maximum atomic E-state index is 12.5. The Labute approximate surface area is 127 Å². The van der Waals surface area contributed by atoms with E-state index in [0.717, 1.165) is 37.5 Å². The molecule has 1 aliphatic rings. The lowest BCUT2D eigenvalue weighted by molar-refractivity contribution is 0.0672. The fourth-order valence-electron chi connectivity index (χ4n) is 3.00. The topological polar surface area (TPSA) is 45.2 Å². The minimum atomic E-state index is 0.0867. The predicted octanol–water partition coefficient (Wildman–Crippen LogP) is 3.55. The van der Waals surface area contributed by atoms with E-state index >= 15 is 0 Å². The van der Waals surface area contributed by atoms with Gasteiger partial charge in [-0.25, -0.2) is 4.98 Å². The average Bonchev–Trinajstić information content (AvgIpc) is 2.52. The molecular weight excluding hydrogens is 262 g/mol. The number of amides is 1. The van der Waals surface area contributed by atoms with Crippen molar-refractivity contribution in [2.45, 2.75) is 52.0 Å². The van der Waals surface area contributed by atoms with Gasteiger partial charge in [-0.1, -0.05) is 26.7 Å². The summed E-state index contributed by atoms with van der Waals surface area (Å²) in [5, 5.41) is 3.22. The number of hydrogen-bond acceptors (Lipinski definition) is 3. The van der Waals surface area contributed by atoms with Crippen LogP contribution in [0.15, 0.2) is 18.3 Å². The Morgan fingerprint density at radius 2 is 2.24 bits per heavy atom. The second kappa shape index (κ2) is 7.43. The van der Waals surface area contributed by atoms with E-state index < -0.39 is 0 Å². The first-order chi connectivity index (χ1) is 10.1. The summed E-state index contributed by atoms with van der Waals surface area (Å²) in [5.74, 6) is 1.64. The smallest absolute Gasteiger partial charge is 0.255 e. The molecule has 0 spiro atoms. The van der Waals surface area contributed by atoms with Crippen LogP contribution in [0.4, 0.5) is 5.82 Å². The summed E-state index contributed by atoms with van der Waals surface area (Å²) in [4.78, 5) is 18.8. The summed E-state index contributed by atoms with van der Waals surface area (Å²) in [6.45, 7) is 5.30. The van der Waals surface area contributed by atoms with Gasteiger partial charge in [-0.15, -0.1) is 0 Å². The van der Waals surface area contributed by atoms with Crippen molar-refractivity contribution in [1.82, 2.24) is 9.88 Å². The molecule has 1 aromatic rings. The SMILES string of the molecule is CCCNc1ccc(C(=O)N(C)C2CCCC(C)C2)cn1. The Bertz CT molecular complexity index is 458. The molecule has 1 aromatic heterocycles. The first-order valence-corrected chi connectivity index (χ1v) is 8.09. The second-order valence-corrected chi connectivity index (χ2v) is 6.20. The molecule has 1 heterocycles. The van der Waals surface area contributed by atoms with Crippen LogP contribution in [0.5, 0.6) is 0 Å². The maximum Gasteiger partial charge on any atom is 0.255 e. The number of hydrogen-bond donors (Lipinski definition) is 1. The molecule has 2 unspecified atom stereocenters. The lowest BCUT2D eigenvalue weighted by Crippen LogP contribution is -2.39. The molecule has 1 saturated carbocycles. The third-order valence-corrected chi connectivity index (χ3v) is 4.34. The van der Waals surface area contributed by atoms with Crippen LogP contribution in [0.2, 0.25) is 0 Å². The van der Waals surface area contributed by atoms with E-state index in [1.807, 2.05) is 24.1 Å². The van der Waals surface area contributed by atoms with Gasteiger partial charge in [-0.3, -0.25) is 4.79 Å². The Balaban J connectivity index is 1.98. The largest absolute Gasteiger partial charge is 0.370 e. The van der Waals surface area contributed by atoms with Crippen molar-refractivity contribution in [3.8, 4) is 0 Å². The number of aromatic nitrogens is 1. The van der Waals surface area contributed by atoms with E-state index in [0.29, 0.717) is 11.6 Å². The predicted molar refractivity (Wildman–Crippen MR) is 86.5 cm³/mol. The van der Waals surface area contributed by atoms with Crippen LogP contribution in [-0.2, 0) is 0 Å². The van der Waals surface area contributed by atoms with Crippen molar-refractivity contribution in [3.05, 3.63) is 23.9 Å². The molecule has 1 aliphatic carbocycles. The molecule has 0 aliphatic heterocycles. The third-order valence-electron chi connectivity index (χ3n) is 4.34. The van der Waals surface area contributed by atoms with Crippen molar-refractivity contribution in [1.29, 1.82) is 0 Å². The molecule has 0 aromatic carbocycles. The zero-order valence-electron chi connectivity index (χ0n) is 13.4. The van der Waals surface area contributed by atoms with Gasteiger partial charge >= 0.3 is 0 Å². The lowest BCUT2D eigenvalue weighted by Gasteiger charge is -2.34. The van der Waals surface area contributed by atoms with E-state index in [9.17, 15) is 4.79 Å². The summed E-state index contributed by atoms with van der Waals surface area (Å²) in [6.07, 6.45) is 7.50. The van der Waals surface area contributed by atoms with Gasteiger partial charge in [0.05, 0.1) is 5.56 Å². The van der Waals surface area contributed by atoms with Crippen LogP contribution >= 0.6 is 0 Å². The van der Waals surface area contributed by atoms with E-state index in [1.54, 1.807) is 6.20 Å². The normalized spacial score (nSPS) is 21.9. The lowest BCUT2D eigenvalue weighted by atomic mass is 9.86. The summed E-state index contributed by atoms with van der Waals surface area (Å²) in [6, 6.07) is 4.13. The van der Waals surface area contributed by atoms with Gasteiger partial charge in [0.2, 0.25) is 0 Å². The van der Waals surface area contributed by atoms with Gasteiger partial charge in [-0.05, 0) is 37.3 Å². The van der Waals surface area contributed by atoms with Crippen LogP contribution in [0.1, 0.15) is 56.3 Å². The van der Waals surface area contributed by atoms with Crippen LogP contribution in [-0.4, -0.2) is 35.4 Å². The number of carbonyl (C=O) groups excluding carboxylic acids is 1. The number of pyridine rings is 1. The zero-order valence-corrected chi connectivity index (χ0v) is 13.4. The van der Waals surface area contributed by atoms with E-state index in [-0.39, 0.29) is 5.91 Å². The summed E-state index contributed by atoms with van der Waals surface area (Å²) < 4.78 is 0. The Kier molecular flexibility index (Phi) is 5.59. The molecule has 1 fully saturated rings. The maximum absolute atomic E-state index is 12.5. The number of nitrogens with zero attached hydrogens (tertiary/aromatic N) is 2. The zero-order chi connectivity index (χ0) is 15.2. The first-order valence-electron chi connectivity index (χ1n) is 8.09. The van der Waals surface area contributed by atoms with Crippen molar-refractivity contribution in [2.75, 3.05) is 18.9 Å². The standard InChI is InChI=1S/C17H27N3O/c1-4-10-18-16-9-8-14(12-19-16)17(21)20(3)15-7-5-6-13(2)11-15/h8-9,12-13,15H,4-7,10-11H2,1-3H3,(H,18,19). The van der Waals surface area contributed by atoms with Gasteiger partial charge in [0.1, 0.15) is 5.82 Å². The van der Waals surface area contributed by atoms with Crippen molar-refractivity contribution in [3.63, 3.8) is 0 Å². The average molecular weight is 289 g/mol. The van der Waals surface area contributed by atoms with Crippen LogP contribution in [0.3, 0.4) is 0 Å². The van der Waals surface area contributed by atoms with Crippen molar-refractivity contribution >= 4 is 11.7 Å². The molecule has 1 N–H and O–H groups in total. The Hall–Kier alpha value is -1.58. The molecule has 0 saturated heterocycles. The highest BCUT2D eigenvalue weighted by atomic mass is 16.2. The molecule has 2 rings (SSSR count). The molecular formula is C17H27N3O. The van der Waals surface area contributed by atoms with Crippen molar-refractivity contribution < 1.29 is 4.79 Å². The Morgan fingerprint density at radius 1 is 1.43 bits per heavy atom. The van der Waals surface area contributed by atoms with E-state index in [2.05, 4.69) is 24.1 Å². The van der Waals surface area contributed by atoms with Gasteiger partial charge in [-0.2, -0.15) is 0 Å². The summed E-state index contributed by atoms with van der Waals surface area (Å²) >= 11 is 0. The number of nitrogens with one attached hydrogen (secondary N) is 1. The van der Waals surface area contributed by atoms with Crippen LogP contribution in [0.25, 0.3) is 0 Å². The molecule has 0 bridgehead atoms. The van der Waals surface area contributed by atoms with Gasteiger partial charge < -0.3 is 10.2 Å². The van der Waals surface area contributed by atoms with Crippen LogP contribution in [0, 0.1) is 5.92 Å². The van der Waals surface area contributed by atoms with Gasteiger partial charge in [0, 0.05) is 25.8 Å². The molecule has 4 nitrogen and oxygen atoms in total. The number of rotatable bonds is 5. The molecule has 4 heteroatoms. The third kappa shape index (κ3) is 4.19. The summed E-state index contributed by atoms with van der Waals surface area (Å²) in [5.41, 5.74) is 0.678. The van der Waals surface area contributed by atoms with Gasteiger partial charge in [0.25, 0.3) is 5.91 Å². The molecule has 2 atom stereocenters. The van der Waals surface area contributed by atoms with Crippen LogP contribution < -0.4 is 5.32 Å². The monoisotopic (exact) mass is 289 g/mol. The molecule has 116 valence electrons. The van der Waals surface area contributed by atoms with Gasteiger partial charge in [0.15, 0.2) is 0 Å².